The van der Waals surface area contributed by atoms with Crippen LogP contribution in [0.1, 0.15) is 13.8 Å². The number of methoxy groups -OCH3 is 1. The maximum Gasteiger partial charge on any atom is 0.169 e. The molecule has 3 saturated heterocycles. The van der Waals surface area contributed by atoms with E-state index in [1.54, 1.807) is 18.9 Å². The molecular weight excluding hydrogens is 216 g/mol. The second kappa shape index (κ2) is 3.11. The van der Waals surface area contributed by atoms with Gasteiger partial charge in [-0.3, -0.25) is 0 Å². The highest BCUT2D eigenvalue weighted by Crippen LogP contribution is 2.57. The summed E-state index contributed by atoms with van der Waals surface area (Å²) >= 11 is 1.80. The summed E-state index contributed by atoms with van der Waals surface area (Å²) in [4.78, 5) is -0.276. The van der Waals surface area contributed by atoms with Gasteiger partial charge in [0, 0.05) is 7.11 Å². The molecule has 5 unspecified atom stereocenters. The van der Waals surface area contributed by atoms with Crippen molar-refractivity contribution in [2.24, 2.45) is 0 Å². The molecule has 1 spiro atoms. The van der Waals surface area contributed by atoms with Crippen LogP contribution in [0.2, 0.25) is 0 Å². The summed E-state index contributed by atoms with van der Waals surface area (Å²) in [6.45, 7) is 5.30. The molecule has 0 aromatic rings. The zero-order valence-electron chi connectivity index (χ0n) is 9.19. The van der Waals surface area contributed by atoms with E-state index < -0.39 is 0 Å². The Morgan fingerprint density at radius 1 is 1.47 bits per heavy atom. The lowest BCUT2D eigenvalue weighted by atomic mass is 9.94. The lowest BCUT2D eigenvalue weighted by Crippen LogP contribution is -2.56. The third-order valence-electron chi connectivity index (χ3n) is 3.57. The van der Waals surface area contributed by atoms with Crippen LogP contribution in [0.15, 0.2) is 0 Å². The number of hydrogen-bond acceptors (Lipinski definition) is 5. The normalized spacial score (nSPS) is 58.2. The minimum atomic E-state index is -0.345. The fraction of sp³-hybridized carbons (Fsp3) is 1.00. The van der Waals surface area contributed by atoms with Crippen molar-refractivity contribution in [3.8, 4) is 0 Å². The summed E-state index contributed by atoms with van der Waals surface area (Å²) in [6.07, 6.45) is 0.0122. The van der Waals surface area contributed by atoms with Crippen LogP contribution in [0, 0.1) is 0 Å². The minimum absolute atomic E-state index is 0.00356. The highest BCUT2D eigenvalue weighted by molar-refractivity contribution is 8.02. The molecule has 0 aromatic heterocycles. The van der Waals surface area contributed by atoms with Gasteiger partial charge in [0.2, 0.25) is 0 Å². The van der Waals surface area contributed by atoms with Gasteiger partial charge in [0.05, 0.1) is 13.2 Å². The number of rotatable bonds is 1. The molecule has 5 heteroatoms. The topological polar surface area (TPSA) is 36.9 Å². The number of thioether (sulfide) groups is 1. The van der Waals surface area contributed by atoms with Gasteiger partial charge >= 0.3 is 0 Å². The molecule has 0 bridgehead atoms. The van der Waals surface area contributed by atoms with E-state index in [0.29, 0.717) is 13.2 Å². The maximum absolute atomic E-state index is 5.88. The monoisotopic (exact) mass is 232 g/mol. The number of ether oxygens (including phenoxy) is 4. The van der Waals surface area contributed by atoms with Crippen molar-refractivity contribution < 1.29 is 18.9 Å². The second-order valence-corrected chi connectivity index (χ2v) is 6.12. The molecule has 3 aliphatic rings. The molecule has 0 amide bonds. The predicted molar refractivity (Wildman–Crippen MR) is 55.8 cm³/mol. The van der Waals surface area contributed by atoms with Crippen molar-refractivity contribution in [1.29, 1.82) is 0 Å². The van der Waals surface area contributed by atoms with E-state index in [1.807, 2.05) is 6.92 Å². The fourth-order valence-electron chi connectivity index (χ4n) is 2.81. The third kappa shape index (κ3) is 1.18. The summed E-state index contributed by atoms with van der Waals surface area (Å²) in [7, 11) is 1.70. The largest absolute Gasteiger partial charge is 0.376 e. The maximum atomic E-state index is 5.88. The molecule has 3 rings (SSSR count). The van der Waals surface area contributed by atoms with Gasteiger partial charge in [0.15, 0.2) is 4.93 Å². The van der Waals surface area contributed by atoms with Crippen LogP contribution >= 0.6 is 11.8 Å². The summed E-state index contributed by atoms with van der Waals surface area (Å²) in [5.41, 5.74) is -0.0943. The summed E-state index contributed by atoms with van der Waals surface area (Å²) in [6, 6.07) is 0. The van der Waals surface area contributed by atoms with Crippen molar-refractivity contribution >= 4 is 11.8 Å². The summed E-state index contributed by atoms with van der Waals surface area (Å²) in [5, 5.41) is 0. The number of fused-ring (bicyclic) bond motifs is 2. The minimum Gasteiger partial charge on any atom is -0.376 e. The fourth-order valence-corrected chi connectivity index (χ4v) is 4.20. The van der Waals surface area contributed by atoms with E-state index in [-0.39, 0.29) is 28.2 Å². The first-order valence-electron chi connectivity index (χ1n) is 5.25. The van der Waals surface area contributed by atoms with Crippen molar-refractivity contribution in [3.63, 3.8) is 0 Å². The number of hydrogen-bond donors (Lipinski definition) is 0. The van der Waals surface area contributed by atoms with Crippen molar-refractivity contribution in [3.05, 3.63) is 0 Å². The quantitative estimate of drug-likeness (QED) is 0.674. The van der Waals surface area contributed by atoms with E-state index in [2.05, 4.69) is 6.92 Å². The molecule has 3 fully saturated rings. The van der Waals surface area contributed by atoms with Crippen LogP contribution in [0.3, 0.4) is 0 Å². The Balaban J connectivity index is 1.85. The van der Waals surface area contributed by atoms with E-state index in [1.165, 1.54) is 0 Å². The molecular formula is C10H16O4S. The highest BCUT2D eigenvalue weighted by Gasteiger charge is 2.69. The molecule has 15 heavy (non-hydrogen) atoms. The molecule has 0 aromatic carbocycles. The molecule has 4 nitrogen and oxygen atoms in total. The third-order valence-corrected chi connectivity index (χ3v) is 4.83. The van der Waals surface area contributed by atoms with Crippen LogP contribution in [0.5, 0.6) is 0 Å². The Bertz CT molecular complexity index is 279. The van der Waals surface area contributed by atoms with Crippen molar-refractivity contribution in [1.82, 2.24) is 0 Å². The standard InChI is InChI=1S/C10H16O4S/c1-6-14-10(15-6)5-13-9(2)7(11-3)4-12-8(9)10/h6-8H,4-5H2,1-3H3. The second-order valence-electron chi connectivity index (χ2n) is 4.53. The predicted octanol–water partition coefficient (Wildman–Crippen LogP) is 0.995. The zero-order chi connectivity index (χ0) is 10.7. The first-order chi connectivity index (χ1) is 7.11. The average molecular weight is 232 g/mol. The molecule has 0 aliphatic carbocycles. The first-order valence-corrected chi connectivity index (χ1v) is 6.13. The van der Waals surface area contributed by atoms with Gasteiger partial charge < -0.3 is 18.9 Å². The van der Waals surface area contributed by atoms with Gasteiger partial charge in [-0.2, -0.15) is 0 Å². The molecule has 0 radical (unpaired) electrons. The SMILES string of the molecule is COC1COC2C3(COC12C)OC(C)S3. The Kier molecular flexibility index (Phi) is 2.14. The van der Waals surface area contributed by atoms with Gasteiger partial charge in [-0.05, 0) is 13.8 Å². The van der Waals surface area contributed by atoms with Gasteiger partial charge in [0.1, 0.15) is 23.2 Å². The van der Waals surface area contributed by atoms with Crippen LogP contribution in [-0.4, -0.2) is 48.5 Å². The first kappa shape index (κ1) is 10.4. The Morgan fingerprint density at radius 3 is 2.80 bits per heavy atom. The van der Waals surface area contributed by atoms with Crippen LogP contribution < -0.4 is 0 Å². The smallest absolute Gasteiger partial charge is 0.169 e. The van der Waals surface area contributed by atoms with Crippen LogP contribution in [-0.2, 0) is 18.9 Å². The van der Waals surface area contributed by atoms with Gasteiger partial charge in [-0.25, -0.2) is 0 Å². The van der Waals surface area contributed by atoms with E-state index in [9.17, 15) is 0 Å². The zero-order valence-corrected chi connectivity index (χ0v) is 10.0. The van der Waals surface area contributed by atoms with E-state index >= 15 is 0 Å². The van der Waals surface area contributed by atoms with Gasteiger partial charge in [0.25, 0.3) is 0 Å². The lowest BCUT2D eigenvalue weighted by Gasteiger charge is -2.45. The van der Waals surface area contributed by atoms with Crippen LogP contribution in [0.25, 0.3) is 0 Å². The molecule has 86 valence electrons. The highest BCUT2D eigenvalue weighted by atomic mass is 32.2. The summed E-state index contributed by atoms with van der Waals surface area (Å²) in [5.74, 6) is 0. The molecule has 0 saturated carbocycles. The van der Waals surface area contributed by atoms with Crippen LogP contribution in [0.4, 0.5) is 0 Å². The van der Waals surface area contributed by atoms with E-state index in [0.717, 1.165) is 0 Å². The Hall–Kier alpha value is 0.190. The molecule has 3 heterocycles. The van der Waals surface area contributed by atoms with Gasteiger partial charge in [-0.15, -0.1) is 0 Å². The van der Waals surface area contributed by atoms with Gasteiger partial charge in [-0.1, -0.05) is 11.8 Å². The molecule has 5 atom stereocenters. The van der Waals surface area contributed by atoms with E-state index in [4.69, 9.17) is 18.9 Å². The Morgan fingerprint density at radius 2 is 2.20 bits per heavy atom. The molecule has 3 aliphatic heterocycles. The Labute approximate surface area is 93.6 Å². The van der Waals surface area contributed by atoms with Crippen molar-refractivity contribution in [2.75, 3.05) is 20.3 Å². The summed E-state index contributed by atoms with van der Waals surface area (Å²) < 4.78 is 22.9. The average Bonchev–Trinajstić information content (AvgIpc) is 2.61. The lowest BCUT2D eigenvalue weighted by molar-refractivity contribution is -0.0922. The van der Waals surface area contributed by atoms with Crippen molar-refractivity contribution in [2.45, 2.75) is 42.0 Å². The molecule has 0 N–H and O–H groups in total.